The van der Waals surface area contributed by atoms with Crippen molar-refractivity contribution in [2.24, 2.45) is 5.92 Å². The molecule has 116 valence electrons. The summed E-state index contributed by atoms with van der Waals surface area (Å²) in [6.45, 7) is 7.50. The molecular weight excluding hydrogens is 268 g/mol. The summed E-state index contributed by atoms with van der Waals surface area (Å²) in [6.07, 6.45) is 0. The molecule has 0 aliphatic carbocycles. The van der Waals surface area contributed by atoms with Crippen LogP contribution in [-0.4, -0.2) is 41.5 Å². The summed E-state index contributed by atoms with van der Waals surface area (Å²) >= 11 is 0. The molecule has 1 atom stereocenters. The van der Waals surface area contributed by atoms with E-state index in [1.807, 2.05) is 31.2 Å². The summed E-state index contributed by atoms with van der Waals surface area (Å²) in [7, 11) is 0. The molecule has 1 unspecified atom stereocenters. The fourth-order valence-electron chi connectivity index (χ4n) is 2.04. The van der Waals surface area contributed by atoms with Gasteiger partial charge in [0.05, 0.1) is 5.92 Å². The zero-order valence-corrected chi connectivity index (χ0v) is 12.9. The lowest BCUT2D eigenvalue weighted by Gasteiger charge is -2.24. The fourth-order valence-corrected chi connectivity index (χ4v) is 2.04. The normalized spacial score (nSPS) is 12.2. The third-order valence-electron chi connectivity index (χ3n) is 3.28. The van der Waals surface area contributed by atoms with E-state index in [1.165, 1.54) is 12.5 Å². The minimum Gasteiger partial charge on any atom is -0.481 e. The number of carbonyl (C=O) groups is 2. The molecule has 1 amide bonds. The summed E-state index contributed by atoms with van der Waals surface area (Å²) in [5.41, 5.74) is 2.34. The number of rotatable bonds is 8. The Bertz CT molecular complexity index is 471. The molecule has 0 fully saturated rings. The molecule has 1 aromatic rings. The molecule has 1 rings (SSSR count). The van der Waals surface area contributed by atoms with E-state index in [0.717, 1.165) is 5.56 Å². The molecule has 5 heteroatoms. The zero-order valence-electron chi connectivity index (χ0n) is 12.9. The van der Waals surface area contributed by atoms with E-state index in [4.69, 9.17) is 5.11 Å². The van der Waals surface area contributed by atoms with Crippen LogP contribution in [0.3, 0.4) is 0 Å². The van der Waals surface area contributed by atoms with Crippen LogP contribution in [0.5, 0.6) is 0 Å². The second kappa shape index (κ2) is 8.42. The standard InChI is InChI=1S/C16H24N2O3/c1-12-4-6-15(7-5-12)11-18(9-8-17-14(3)19)10-13(2)16(20)21/h4-7,13H,8-11H2,1-3H3,(H,17,19)(H,20,21). The average Bonchev–Trinajstić information content (AvgIpc) is 2.40. The molecule has 2 N–H and O–H groups in total. The van der Waals surface area contributed by atoms with E-state index in [-0.39, 0.29) is 5.91 Å². The highest BCUT2D eigenvalue weighted by molar-refractivity contribution is 5.72. The maximum Gasteiger partial charge on any atom is 0.307 e. The van der Waals surface area contributed by atoms with Gasteiger partial charge in [0.25, 0.3) is 0 Å². The predicted octanol–water partition coefficient (Wildman–Crippen LogP) is 1.65. The predicted molar refractivity (Wildman–Crippen MR) is 81.9 cm³/mol. The van der Waals surface area contributed by atoms with Gasteiger partial charge in [0, 0.05) is 33.1 Å². The molecule has 0 spiro atoms. The number of amides is 1. The van der Waals surface area contributed by atoms with Crippen LogP contribution in [0.4, 0.5) is 0 Å². The van der Waals surface area contributed by atoms with E-state index in [1.54, 1.807) is 6.92 Å². The highest BCUT2D eigenvalue weighted by Gasteiger charge is 2.16. The van der Waals surface area contributed by atoms with Gasteiger partial charge >= 0.3 is 5.97 Å². The van der Waals surface area contributed by atoms with E-state index >= 15 is 0 Å². The highest BCUT2D eigenvalue weighted by Crippen LogP contribution is 2.09. The van der Waals surface area contributed by atoms with Crippen LogP contribution in [0, 0.1) is 12.8 Å². The van der Waals surface area contributed by atoms with Gasteiger partial charge in [-0.05, 0) is 12.5 Å². The number of carboxylic acid groups (broad SMARTS) is 1. The van der Waals surface area contributed by atoms with Gasteiger partial charge in [-0.15, -0.1) is 0 Å². The Hall–Kier alpha value is -1.88. The summed E-state index contributed by atoms with van der Waals surface area (Å²) < 4.78 is 0. The molecule has 0 saturated heterocycles. The molecule has 5 nitrogen and oxygen atoms in total. The first kappa shape index (κ1) is 17.2. The van der Waals surface area contributed by atoms with E-state index < -0.39 is 11.9 Å². The number of aryl methyl sites for hydroxylation is 1. The Labute approximate surface area is 126 Å². The van der Waals surface area contributed by atoms with Gasteiger partial charge in [0.15, 0.2) is 0 Å². The molecule has 0 aromatic heterocycles. The monoisotopic (exact) mass is 292 g/mol. The summed E-state index contributed by atoms with van der Waals surface area (Å²) in [4.78, 5) is 24.0. The van der Waals surface area contributed by atoms with Crippen molar-refractivity contribution in [1.82, 2.24) is 10.2 Å². The van der Waals surface area contributed by atoms with Gasteiger partial charge in [0.2, 0.25) is 5.91 Å². The molecule has 0 aliphatic heterocycles. The lowest BCUT2D eigenvalue weighted by atomic mass is 10.1. The first-order valence-electron chi connectivity index (χ1n) is 7.13. The van der Waals surface area contributed by atoms with Crippen LogP contribution >= 0.6 is 0 Å². The number of carboxylic acids is 1. The Balaban J connectivity index is 2.63. The molecule has 0 aliphatic rings. The van der Waals surface area contributed by atoms with Crippen LogP contribution in [0.1, 0.15) is 25.0 Å². The highest BCUT2D eigenvalue weighted by atomic mass is 16.4. The van der Waals surface area contributed by atoms with Gasteiger partial charge in [-0.2, -0.15) is 0 Å². The molecule has 0 bridgehead atoms. The van der Waals surface area contributed by atoms with Gasteiger partial charge in [-0.1, -0.05) is 36.8 Å². The molecule has 0 heterocycles. The van der Waals surface area contributed by atoms with Gasteiger partial charge < -0.3 is 10.4 Å². The molecule has 21 heavy (non-hydrogen) atoms. The number of hydrogen-bond acceptors (Lipinski definition) is 3. The minimum absolute atomic E-state index is 0.0726. The summed E-state index contributed by atoms with van der Waals surface area (Å²) in [5, 5.41) is 11.8. The Morgan fingerprint density at radius 3 is 2.43 bits per heavy atom. The topological polar surface area (TPSA) is 69.6 Å². The SMILES string of the molecule is CC(=O)NCCN(Cc1ccc(C)cc1)CC(C)C(=O)O. The van der Waals surface area contributed by atoms with Crippen LogP contribution in [0.15, 0.2) is 24.3 Å². The van der Waals surface area contributed by atoms with Crippen LogP contribution in [0.25, 0.3) is 0 Å². The maximum absolute atomic E-state index is 11.0. The number of nitrogens with one attached hydrogen (secondary N) is 1. The molecular formula is C16H24N2O3. The van der Waals surface area contributed by atoms with Crippen molar-refractivity contribution in [2.75, 3.05) is 19.6 Å². The van der Waals surface area contributed by atoms with E-state index in [0.29, 0.717) is 26.2 Å². The zero-order chi connectivity index (χ0) is 15.8. The lowest BCUT2D eigenvalue weighted by Crippen LogP contribution is -2.37. The second-order valence-corrected chi connectivity index (χ2v) is 5.44. The lowest BCUT2D eigenvalue weighted by molar-refractivity contribution is -0.141. The largest absolute Gasteiger partial charge is 0.481 e. The Kier molecular flexibility index (Phi) is 6.88. The Morgan fingerprint density at radius 2 is 1.90 bits per heavy atom. The van der Waals surface area contributed by atoms with Crippen molar-refractivity contribution >= 4 is 11.9 Å². The van der Waals surface area contributed by atoms with Gasteiger partial charge in [-0.3, -0.25) is 14.5 Å². The van der Waals surface area contributed by atoms with Crippen molar-refractivity contribution in [1.29, 1.82) is 0 Å². The third kappa shape index (κ3) is 6.90. The van der Waals surface area contributed by atoms with E-state index in [2.05, 4.69) is 10.2 Å². The van der Waals surface area contributed by atoms with Crippen LogP contribution < -0.4 is 5.32 Å². The molecule has 1 aromatic carbocycles. The maximum atomic E-state index is 11.0. The number of carbonyl (C=O) groups excluding carboxylic acids is 1. The third-order valence-corrected chi connectivity index (χ3v) is 3.28. The Morgan fingerprint density at radius 1 is 1.29 bits per heavy atom. The first-order valence-corrected chi connectivity index (χ1v) is 7.13. The summed E-state index contributed by atoms with van der Waals surface area (Å²) in [5.74, 6) is -1.31. The second-order valence-electron chi connectivity index (χ2n) is 5.44. The van der Waals surface area contributed by atoms with E-state index in [9.17, 15) is 9.59 Å². The fraction of sp³-hybridized carbons (Fsp3) is 0.500. The summed E-state index contributed by atoms with van der Waals surface area (Å²) in [6, 6.07) is 8.18. The molecule has 0 saturated carbocycles. The van der Waals surface area contributed by atoms with Gasteiger partial charge in [0.1, 0.15) is 0 Å². The average molecular weight is 292 g/mol. The van der Waals surface area contributed by atoms with Crippen molar-refractivity contribution < 1.29 is 14.7 Å². The number of nitrogens with zero attached hydrogens (tertiary/aromatic N) is 1. The van der Waals surface area contributed by atoms with Crippen molar-refractivity contribution in [3.63, 3.8) is 0 Å². The van der Waals surface area contributed by atoms with Gasteiger partial charge in [-0.25, -0.2) is 0 Å². The minimum atomic E-state index is -0.802. The number of benzene rings is 1. The van der Waals surface area contributed by atoms with Crippen molar-refractivity contribution in [2.45, 2.75) is 27.3 Å². The smallest absolute Gasteiger partial charge is 0.307 e. The number of aliphatic carboxylic acids is 1. The quantitative estimate of drug-likeness (QED) is 0.764. The first-order chi connectivity index (χ1) is 9.88. The van der Waals surface area contributed by atoms with Crippen molar-refractivity contribution in [3.8, 4) is 0 Å². The van der Waals surface area contributed by atoms with Crippen LogP contribution in [-0.2, 0) is 16.1 Å². The van der Waals surface area contributed by atoms with Crippen molar-refractivity contribution in [3.05, 3.63) is 35.4 Å². The van der Waals surface area contributed by atoms with Crippen LogP contribution in [0.2, 0.25) is 0 Å². The number of hydrogen-bond donors (Lipinski definition) is 2. The molecule has 0 radical (unpaired) electrons.